The van der Waals surface area contributed by atoms with Gasteiger partial charge in [-0.3, -0.25) is 0 Å². The van der Waals surface area contributed by atoms with E-state index in [-0.39, 0.29) is 11.9 Å². The zero-order chi connectivity index (χ0) is 16.2. The quantitative estimate of drug-likeness (QED) is 0.697. The Balaban J connectivity index is 1.95. The molecule has 0 spiro atoms. The van der Waals surface area contributed by atoms with Crippen molar-refractivity contribution >= 4 is 0 Å². The van der Waals surface area contributed by atoms with Crippen LogP contribution in [0.3, 0.4) is 0 Å². The molecule has 1 aromatic carbocycles. The molecule has 1 aromatic rings. The Bertz CT molecular complexity index is 465. The molecule has 1 aliphatic carbocycles. The molecule has 0 saturated heterocycles. The summed E-state index contributed by atoms with van der Waals surface area (Å²) >= 11 is 0. The summed E-state index contributed by atoms with van der Waals surface area (Å²) in [5, 5.41) is 0. The largest absolute Gasteiger partial charge is 0.573 e. The highest BCUT2D eigenvalue weighted by Gasteiger charge is 2.46. The van der Waals surface area contributed by atoms with Crippen molar-refractivity contribution in [2.24, 2.45) is 0 Å². The van der Waals surface area contributed by atoms with Crippen LogP contribution >= 0.6 is 0 Å². The van der Waals surface area contributed by atoms with Gasteiger partial charge in [0.2, 0.25) is 0 Å². The van der Waals surface area contributed by atoms with E-state index in [4.69, 9.17) is 9.47 Å². The van der Waals surface area contributed by atoms with Crippen LogP contribution in [0, 0.1) is 0 Å². The van der Waals surface area contributed by atoms with Crippen LogP contribution < -0.4 is 4.74 Å². The molecule has 0 aromatic heterocycles. The molecular formula is C16H21F3O3. The fourth-order valence-corrected chi connectivity index (χ4v) is 2.67. The molecule has 2 rings (SSSR count). The first-order valence-electron chi connectivity index (χ1n) is 7.41. The lowest BCUT2D eigenvalue weighted by atomic mass is 9.72. The Morgan fingerprint density at radius 2 is 1.82 bits per heavy atom. The average Bonchev–Trinajstić information content (AvgIpc) is 2.41. The fraction of sp³-hybridized carbons (Fsp3) is 0.625. The van der Waals surface area contributed by atoms with Gasteiger partial charge in [-0.15, -0.1) is 13.2 Å². The minimum absolute atomic E-state index is 0.151. The Labute approximate surface area is 128 Å². The third kappa shape index (κ3) is 4.14. The number of halogens is 3. The van der Waals surface area contributed by atoms with Crippen LogP contribution in [-0.2, 0) is 15.1 Å². The zero-order valence-corrected chi connectivity index (χ0v) is 12.8. The maximum absolute atomic E-state index is 12.2. The maximum atomic E-state index is 12.2. The molecule has 1 fully saturated rings. The van der Waals surface area contributed by atoms with Crippen LogP contribution in [0.2, 0.25) is 0 Å². The second-order valence-corrected chi connectivity index (χ2v) is 5.53. The van der Waals surface area contributed by atoms with Gasteiger partial charge in [0.25, 0.3) is 0 Å². The molecule has 0 amide bonds. The van der Waals surface area contributed by atoms with E-state index in [2.05, 4.69) is 11.7 Å². The summed E-state index contributed by atoms with van der Waals surface area (Å²) in [7, 11) is 1.61. The lowest BCUT2D eigenvalue weighted by Gasteiger charge is -2.46. The van der Waals surface area contributed by atoms with Crippen molar-refractivity contribution < 1.29 is 27.4 Å². The summed E-state index contributed by atoms with van der Waals surface area (Å²) in [5.41, 5.74) is 0.382. The molecule has 0 radical (unpaired) electrons. The van der Waals surface area contributed by atoms with Crippen molar-refractivity contribution in [2.75, 3.05) is 13.7 Å². The molecular weight excluding hydrogens is 297 g/mol. The molecule has 3 nitrogen and oxygen atoms in total. The van der Waals surface area contributed by atoms with Crippen LogP contribution in [0.15, 0.2) is 24.3 Å². The molecule has 6 heteroatoms. The summed E-state index contributed by atoms with van der Waals surface area (Å²) in [5.74, 6) is -0.224. The number of unbranched alkanes of at least 4 members (excludes halogenated alkanes) is 1. The number of rotatable bonds is 7. The van der Waals surface area contributed by atoms with Crippen molar-refractivity contribution in [3.8, 4) is 5.75 Å². The summed E-state index contributed by atoms with van der Waals surface area (Å²) < 4.78 is 51.7. The van der Waals surface area contributed by atoms with Crippen LogP contribution in [0.1, 0.15) is 38.2 Å². The van der Waals surface area contributed by atoms with E-state index >= 15 is 0 Å². The minimum atomic E-state index is -4.67. The predicted molar refractivity (Wildman–Crippen MR) is 75.7 cm³/mol. The second-order valence-electron chi connectivity index (χ2n) is 5.53. The number of ether oxygens (including phenoxy) is 3. The van der Waals surface area contributed by atoms with E-state index in [1.807, 2.05) is 0 Å². The van der Waals surface area contributed by atoms with E-state index in [9.17, 15) is 13.2 Å². The van der Waals surface area contributed by atoms with Crippen molar-refractivity contribution in [3.05, 3.63) is 29.8 Å². The Hall–Kier alpha value is -1.27. The highest BCUT2D eigenvalue weighted by molar-refractivity contribution is 5.33. The standard InChI is InChI=1S/C16H21F3O3/c1-3-4-9-21-14-10-15(11-14,20-2)12-5-7-13(8-6-12)22-16(17,18)19/h5-8,14H,3-4,9-11H2,1-2H3. The van der Waals surface area contributed by atoms with E-state index in [0.717, 1.165) is 25.0 Å². The SMILES string of the molecule is CCCCOC1CC(OC)(c2ccc(OC(F)(F)F)cc2)C1. The second kappa shape index (κ2) is 6.87. The van der Waals surface area contributed by atoms with E-state index in [1.165, 1.54) is 12.1 Å². The van der Waals surface area contributed by atoms with E-state index in [0.29, 0.717) is 12.8 Å². The van der Waals surface area contributed by atoms with Gasteiger partial charge in [0.1, 0.15) is 5.75 Å². The number of methoxy groups -OCH3 is 1. The van der Waals surface area contributed by atoms with Gasteiger partial charge in [-0.05, 0) is 24.1 Å². The van der Waals surface area contributed by atoms with Crippen molar-refractivity contribution in [2.45, 2.75) is 50.7 Å². The molecule has 22 heavy (non-hydrogen) atoms. The van der Waals surface area contributed by atoms with Crippen LogP contribution in [-0.4, -0.2) is 26.2 Å². The number of alkyl halides is 3. The third-order valence-electron chi connectivity index (χ3n) is 3.97. The number of hydrogen-bond donors (Lipinski definition) is 0. The summed E-state index contributed by atoms with van der Waals surface area (Å²) in [6.45, 7) is 2.84. The lowest BCUT2D eigenvalue weighted by Crippen LogP contribution is -2.47. The van der Waals surface area contributed by atoms with Gasteiger partial charge in [-0.1, -0.05) is 25.5 Å². The van der Waals surface area contributed by atoms with Gasteiger partial charge in [0.05, 0.1) is 11.7 Å². The molecule has 1 saturated carbocycles. The van der Waals surface area contributed by atoms with Gasteiger partial charge in [0, 0.05) is 26.6 Å². The lowest BCUT2D eigenvalue weighted by molar-refractivity contribution is -0.274. The summed E-state index contributed by atoms with van der Waals surface area (Å²) in [6, 6.07) is 5.86. The first-order valence-corrected chi connectivity index (χ1v) is 7.41. The summed E-state index contributed by atoms with van der Waals surface area (Å²) in [4.78, 5) is 0. The smallest absolute Gasteiger partial charge is 0.406 e. The molecule has 0 N–H and O–H groups in total. The van der Waals surface area contributed by atoms with Gasteiger partial charge in [-0.25, -0.2) is 0 Å². The molecule has 0 aliphatic heterocycles. The van der Waals surface area contributed by atoms with Gasteiger partial charge >= 0.3 is 6.36 Å². The topological polar surface area (TPSA) is 27.7 Å². The highest BCUT2D eigenvalue weighted by Crippen LogP contribution is 2.46. The van der Waals surface area contributed by atoms with Crippen molar-refractivity contribution in [1.82, 2.24) is 0 Å². The molecule has 0 heterocycles. The number of hydrogen-bond acceptors (Lipinski definition) is 3. The molecule has 0 bridgehead atoms. The van der Waals surface area contributed by atoms with Crippen LogP contribution in [0.4, 0.5) is 13.2 Å². The minimum Gasteiger partial charge on any atom is -0.406 e. The fourth-order valence-electron chi connectivity index (χ4n) is 2.67. The molecule has 124 valence electrons. The summed E-state index contributed by atoms with van der Waals surface area (Å²) in [6.07, 6.45) is -0.977. The van der Waals surface area contributed by atoms with Crippen molar-refractivity contribution in [3.63, 3.8) is 0 Å². The molecule has 0 unspecified atom stereocenters. The maximum Gasteiger partial charge on any atom is 0.573 e. The zero-order valence-electron chi connectivity index (χ0n) is 12.8. The monoisotopic (exact) mass is 318 g/mol. The predicted octanol–water partition coefficient (Wildman–Crippen LogP) is 4.41. The highest BCUT2D eigenvalue weighted by atomic mass is 19.4. The van der Waals surface area contributed by atoms with Crippen molar-refractivity contribution in [1.29, 1.82) is 0 Å². The molecule has 1 aliphatic rings. The van der Waals surface area contributed by atoms with Gasteiger partial charge in [-0.2, -0.15) is 0 Å². The Kier molecular flexibility index (Phi) is 5.34. The van der Waals surface area contributed by atoms with Crippen LogP contribution in [0.5, 0.6) is 5.75 Å². The van der Waals surface area contributed by atoms with E-state index < -0.39 is 12.0 Å². The van der Waals surface area contributed by atoms with Gasteiger partial charge in [0.15, 0.2) is 0 Å². The van der Waals surface area contributed by atoms with E-state index in [1.54, 1.807) is 19.2 Å². The Morgan fingerprint density at radius 1 is 1.18 bits per heavy atom. The van der Waals surface area contributed by atoms with Gasteiger partial charge < -0.3 is 14.2 Å². The molecule has 0 atom stereocenters. The first-order chi connectivity index (χ1) is 10.4. The van der Waals surface area contributed by atoms with Crippen LogP contribution in [0.25, 0.3) is 0 Å². The normalized spacial score (nSPS) is 24.9. The first kappa shape index (κ1) is 17.1. The number of benzene rings is 1. The third-order valence-corrected chi connectivity index (χ3v) is 3.97. The Morgan fingerprint density at radius 3 is 2.32 bits per heavy atom. The average molecular weight is 318 g/mol.